The van der Waals surface area contributed by atoms with Crippen molar-refractivity contribution in [2.45, 2.75) is 20.0 Å². The standard InChI is InChI=1S/C19H16N2O6S/c1-9-3-4-14-12(7-9)13(22)8-15(27-14)19(25)26-10(2)17(24)21-18-11(16(20)23)5-6-28-18/h3-8,10H,1-2H3,(H2,20,23)(H,21,24)/t10-/m0/s1. The number of esters is 1. The Bertz CT molecular complexity index is 1150. The number of carbonyl (C=O) groups excluding carboxylic acids is 3. The molecular formula is C19H16N2O6S. The molecule has 0 aliphatic carbocycles. The van der Waals surface area contributed by atoms with E-state index in [9.17, 15) is 19.2 Å². The number of nitrogens with one attached hydrogen (secondary N) is 1. The van der Waals surface area contributed by atoms with E-state index in [1.807, 2.05) is 6.92 Å². The third-order valence-corrected chi connectivity index (χ3v) is 4.73. The van der Waals surface area contributed by atoms with Crippen molar-refractivity contribution < 1.29 is 23.5 Å². The van der Waals surface area contributed by atoms with Crippen LogP contribution in [-0.4, -0.2) is 23.9 Å². The Balaban J connectivity index is 1.75. The lowest BCUT2D eigenvalue weighted by Crippen LogP contribution is -2.30. The van der Waals surface area contributed by atoms with Gasteiger partial charge in [0.25, 0.3) is 11.8 Å². The number of nitrogens with two attached hydrogens (primary N) is 1. The van der Waals surface area contributed by atoms with Crippen LogP contribution in [0.3, 0.4) is 0 Å². The highest BCUT2D eigenvalue weighted by Crippen LogP contribution is 2.23. The Kier molecular flexibility index (Phi) is 5.27. The number of hydrogen-bond donors (Lipinski definition) is 2. The molecule has 2 amide bonds. The van der Waals surface area contributed by atoms with Gasteiger partial charge in [-0.05, 0) is 37.4 Å². The molecule has 2 heterocycles. The second-order valence-corrected chi connectivity index (χ2v) is 6.96. The highest BCUT2D eigenvalue weighted by molar-refractivity contribution is 7.14. The van der Waals surface area contributed by atoms with E-state index >= 15 is 0 Å². The van der Waals surface area contributed by atoms with Crippen molar-refractivity contribution in [2.75, 3.05) is 5.32 Å². The first-order valence-electron chi connectivity index (χ1n) is 8.20. The monoisotopic (exact) mass is 400 g/mol. The molecule has 3 aromatic rings. The first-order valence-corrected chi connectivity index (χ1v) is 9.08. The summed E-state index contributed by atoms with van der Waals surface area (Å²) in [6.07, 6.45) is -1.20. The molecule has 0 radical (unpaired) electrons. The zero-order valence-corrected chi connectivity index (χ0v) is 15.8. The van der Waals surface area contributed by atoms with Gasteiger partial charge in [-0.25, -0.2) is 4.79 Å². The molecule has 144 valence electrons. The first-order chi connectivity index (χ1) is 13.3. The van der Waals surface area contributed by atoms with Crippen molar-refractivity contribution in [1.29, 1.82) is 0 Å². The quantitative estimate of drug-likeness (QED) is 0.633. The summed E-state index contributed by atoms with van der Waals surface area (Å²) in [7, 11) is 0. The Morgan fingerprint density at radius 1 is 1.21 bits per heavy atom. The second kappa shape index (κ2) is 7.65. The molecule has 0 unspecified atom stereocenters. The fraction of sp³-hybridized carbons (Fsp3) is 0.158. The van der Waals surface area contributed by atoms with E-state index in [0.29, 0.717) is 5.39 Å². The number of anilines is 1. The van der Waals surface area contributed by atoms with Crippen LogP contribution in [0.1, 0.15) is 33.4 Å². The molecule has 0 saturated heterocycles. The molecule has 2 aromatic heterocycles. The van der Waals surface area contributed by atoms with E-state index in [-0.39, 0.29) is 21.9 Å². The Morgan fingerprint density at radius 2 is 1.96 bits per heavy atom. The molecule has 0 fully saturated rings. The third-order valence-electron chi connectivity index (χ3n) is 3.90. The molecule has 8 nitrogen and oxygen atoms in total. The molecule has 0 aliphatic rings. The van der Waals surface area contributed by atoms with Crippen molar-refractivity contribution in [3.63, 3.8) is 0 Å². The second-order valence-electron chi connectivity index (χ2n) is 6.04. The first kappa shape index (κ1) is 19.3. The summed E-state index contributed by atoms with van der Waals surface area (Å²) in [5, 5.41) is 4.68. The minimum Gasteiger partial charge on any atom is -0.449 e. The van der Waals surface area contributed by atoms with E-state index in [1.165, 1.54) is 13.0 Å². The molecule has 0 bridgehead atoms. The highest BCUT2D eigenvalue weighted by atomic mass is 32.1. The fourth-order valence-corrected chi connectivity index (χ4v) is 3.25. The van der Waals surface area contributed by atoms with E-state index in [1.54, 1.807) is 23.6 Å². The summed E-state index contributed by atoms with van der Waals surface area (Å²) < 4.78 is 10.5. The highest BCUT2D eigenvalue weighted by Gasteiger charge is 2.23. The molecular weight excluding hydrogens is 384 g/mol. The Labute approximate surface area is 162 Å². The van der Waals surface area contributed by atoms with Gasteiger partial charge in [-0.1, -0.05) is 11.6 Å². The molecule has 1 atom stereocenters. The van der Waals surface area contributed by atoms with Gasteiger partial charge < -0.3 is 20.2 Å². The summed E-state index contributed by atoms with van der Waals surface area (Å²) in [6, 6.07) is 7.49. The summed E-state index contributed by atoms with van der Waals surface area (Å²) in [6.45, 7) is 3.19. The van der Waals surface area contributed by atoms with Gasteiger partial charge in [0.15, 0.2) is 11.5 Å². The van der Waals surface area contributed by atoms with Crippen LogP contribution in [0.5, 0.6) is 0 Å². The normalized spacial score (nSPS) is 11.8. The zero-order chi connectivity index (χ0) is 20.4. The lowest BCUT2D eigenvalue weighted by molar-refractivity contribution is -0.123. The van der Waals surface area contributed by atoms with Gasteiger partial charge in [0.1, 0.15) is 10.6 Å². The number of hydrogen-bond acceptors (Lipinski definition) is 7. The van der Waals surface area contributed by atoms with E-state index < -0.39 is 29.3 Å². The van der Waals surface area contributed by atoms with Crippen molar-refractivity contribution in [1.82, 2.24) is 0 Å². The Hall–Kier alpha value is -3.46. The van der Waals surface area contributed by atoms with Gasteiger partial charge in [0.05, 0.1) is 10.9 Å². The number of primary amides is 1. The smallest absolute Gasteiger partial charge is 0.375 e. The maximum Gasteiger partial charge on any atom is 0.375 e. The molecule has 3 N–H and O–H groups in total. The van der Waals surface area contributed by atoms with Crippen LogP contribution >= 0.6 is 11.3 Å². The van der Waals surface area contributed by atoms with Gasteiger partial charge in [-0.3, -0.25) is 14.4 Å². The minimum absolute atomic E-state index is 0.160. The number of benzene rings is 1. The van der Waals surface area contributed by atoms with Crippen LogP contribution in [0.4, 0.5) is 5.00 Å². The molecule has 28 heavy (non-hydrogen) atoms. The van der Waals surface area contributed by atoms with E-state index in [2.05, 4.69) is 5.32 Å². The van der Waals surface area contributed by atoms with Crippen molar-refractivity contribution in [3.8, 4) is 0 Å². The molecule has 9 heteroatoms. The molecule has 0 saturated carbocycles. The fourth-order valence-electron chi connectivity index (χ4n) is 2.46. The Morgan fingerprint density at radius 3 is 2.68 bits per heavy atom. The van der Waals surface area contributed by atoms with Crippen molar-refractivity contribution >= 4 is 45.1 Å². The molecule has 3 rings (SSSR count). The predicted octanol–water partition coefficient (Wildman–Crippen LogP) is 2.45. The number of fused-ring (bicyclic) bond motifs is 1. The summed E-state index contributed by atoms with van der Waals surface area (Å²) >= 11 is 1.11. The predicted molar refractivity (Wildman–Crippen MR) is 104 cm³/mol. The third kappa shape index (κ3) is 3.94. The summed E-state index contributed by atoms with van der Waals surface area (Å²) in [5.41, 5.74) is 6.12. The zero-order valence-electron chi connectivity index (χ0n) is 15.0. The van der Waals surface area contributed by atoms with Gasteiger partial charge in [-0.15, -0.1) is 11.3 Å². The van der Waals surface area contributed by atoms with Crippen molar-refractivity contribution in [2.24, 2.45) is 5.73 Å². The number of thiophene rings is 1. The average Bonchev–Trinajstić information content (AvgIpc) is 3.10. The lowest BCUT2D eigenvalue weighted by Gasteiger charge is -2.13. The topological polar surface area (TPSA) is 129 Å². The van der Waals surface area contributed by atoms with Crippen LogP contribution in [0.25, 0.3) is 11.0 Å². The maximum absolute atomic E-state index is 12.3. The molecule has 0 spiro atoms. The van der Waals surface area contributed by atoms with Gasteiger partial charge >= 0.3 is 5.97 Å². The van der Waals surface area contributed by atoms with E-state index in [4.69, 9.17) is 14.9 Å². The maximum atomic E-state index is 12.3. The van der Waals surface area contributed by atoms with Crippen LogP contribution in [0.15, 0.2) is 44.9 Å². The van der Waals surface area contributed by atoms with Crippen LogP contribution in [0.2, 0.25) is 0 Å². The summed E-state index contributed by atoms with van der Waals surface area (Å²) in [4.78, 5) is 48.0. The summed E-state index contributed by atoms with van der Waals surface area (Å²) in [5.74, 6) is -2.61. The lowest BCUT2D eigenvalue weighted by atomic mass is 10.1. The van der Waals surface area contributed by atoms with Crippen LogP contribution in [0, 0.1) is 6.92 Å². The average molecular weight is 400 g/mol. The van der Waals surface area contributed by atoms with Gasteiger partial charge in [-0.2, -0.15) is 0 Å². The SMILES string of the molecule is Cc1ccc2oc(C(=O)O[C@@H](C)C(=O)Nc3sccc3C(N)=O)cc(=O)c2c1. The number of ether oxygens (including phenoxy) is 1. The molecule has 1 aromatic carbocycles. The number of aryl methyl sites for hydroxylation is 1. The number of carbonyl (C=O) groups is 3. The van der Waals surface area contributed by atoms with Gasteiger partial charge in [0, 0.05) is 6.07 Å². The van der Waals surface area contributed by atoms with E-state index in [0.717, 1.165) is 23.0 Å². The molecule has 0 aliphatic heterocycles. The van der Waals surface area contributed by atoms with Crippen molar-refractivity contribution in [3.05, 3.63) is 62.8 Å². The number of amides is 2. The van der Waals surface area contributed by atoms with Crippen LogP contribution in [-0.2, 0) is 9.53 Å². The van der Waals surface area contributed by atoms with Gasteiger partial charge in [0.2, 0.25) is 5.76 Å². The largest absolute Gasteiger partial charge is 0.449 e. The van der Waals surface area contributed by atoms with Crippen LogP contribution < -0.4 is 16.5 Å². The minimum atomic E-state index is -1.20. The number of rotatable bonds is 5.